The number of hydrogen-bond acceptors (Lipinski definition) is 4. The molecule has 1 amide bonds. The number of rotatable bonds is 3. The average molecular weight is 335 g/mol. The molecule has 0 aromatic carbocycles. The van der Waals surface area contributed by atoms with E-state index in [-0.39, 0.29) is 12.0 Å². The molecule has 0 aliphatic carbocycles. The van der Waals surface area contributed by atoms with E-state index in [0.29, 0.717) is 28.6 Å². The van der Waals surface area contributed by atoms with Crippen molar-refractivity contribution in [3.63, 3.8) is 0 Å². The van der Waals surface area contributed by atoms with Crippen molar-refractivity contribution >= 4 is 17.5 Å². The Morgan fingerprint density at radius 1 is 1.48 bits per heavy atom. The number of piperidine rings is 1. The molecule has 3 heterocycles. The molecule has 5 nitrogen and oxygen atoms in total. The third kappa shape index (κ3) is 3.50. The highest BCUT2D eigenvalue weighted by atomic mass is 35.5. The van der Waals surface area contributed by atoms with Crippen LogP contribution in [0.15, 0.2) is 28.9 Å². The van der Waals surface area contributed by atoms with Crippen molar-refractivity contribution in [2.24, 2.45) is 0 Å². The van der Waals surface area contributed by atoms with E-state index in [4.69, 9.17) is 20.8 Å². The normalized spacial score (nSPS) is 18.0. The second-order valence-corrected chi connectivity index (χ2v) is 6.17. The number of aryl methyl sites for hydroxylation is 2. The van der Waals surface area contributed by atoms with E-state index in [1.807, 2.05) is 18.7 Å². The third-order valence-electron chi connectivity index (χ3n) is 3.97. The minimum absolute atomic E-state index is 0.00604. The second-order valence-electron chi connectivity index (χ2n) is 5.77. The summed E-state index contributed by atoms with van der Waals surface area (Å²) >= 11 is 6.08. The summed E-state index contributed by atoms with van der Waals surface area (Å²) in [4.78, 5) is 18.4. The van der Waals surface area contributed by atoms with Gasteiger partial charge in [-0.1, -0.05) is 11.6 Å². The molecular weight excluding hydrogens is 316 g/mol. The zero-order chi connectivity index (χ0) is 16.4. The molecule has 0 spiro atoms. The molecule has 0 N–H and O–H groups in total. The summed E-state index contributed by atoms with van der Waals surface area (Å²) in [7, 11) is 0. The van der Waals surface area contributed by atoms with Crippen LogP contribution in [-0.2, 0) is 0 Å². The van der Waals surface area contributed by atoms with Gasteiger partial charge in [-0.05, 0) is 32.8 Å². The number of halogens is 1. The van der Waals surface area contributed by atoms with Crippen molar-refractivity contribution in [3.8, 4) is 5.75 Å². The van der Waals surface area contributed by atoms with Gasteiger partial charge in [0.25, 0.3) is 5.91 Å². The molecule has 3 rings (SSSR count). The Balaban J connectivity index is 1.70. The molecule has 0 radical (unpaired) electrons. The second kappa shape index (κ2) is 6.62. The zero-order valence-corrected chi connectivity index (χ0v) is 14.0. The number of carbonyl (C=O) groups excluding carboxylic acids is 1. The van der Waals surface area contributed by atoms with Crippen molar-refractivity contribution in [1.29, 1.82) is 0 Å². The summed E-state index contributed by atoms with van der Waals surface area (Å²) in [6.07, 6.45) is 4.92. The predicted octanol–water partition coefficient (Wildman–Crippen LogP) is 3.63. The lowest BCUT2D eigenvalue weighted by Crippen LogP contribution is -2.44. The van der Waals surface area contributed by atoms with Crippen LogP contribution in [0, 0.1) is 13.8 Å². The number of amides is 1. The van der Waals surface area contributed by atoms with Gasteiger partial charge in [-0.15, -0.1) is 0 Å². The molecule has 122 valence electrons. The Kier molecular flexibility index (Phi) is 4.57. The number of ether oxygens (including phenoxy) is 1. The first kappa shape index (κ1) is 15.9. The molecule has 0 bridgehead atoms. The number of hydrogen-bond donors (Lipinski definition) is 0. The molecule has 2 aromatic heterocycles. The van der Waals surface area contributed by atoms with Crippen molar-refractivity contribution in [1.82, 2.24) is 9.88 Å². The summed E-state index contributed by atoms with van der Waals surface area (Å²) in [5, 5.41) is 0.484. The molecule has 23 heavy (non-hydrogen) atoms. The fourth-order valence-corrected chi connectivity index (χ4v) is 3.03. The van der Waals surface area contributed by atoms with Gasteiger partial charge in [-0.3, -0.25) is 9.78 Å². The number of likely N-dealkylation sites (tertiary alicyclic amines) is 1. The Morgan fingerprint density at radius 3 is 3.00 bits per heavy atom. The third-order valence-corrected chi connectivity index (χ3v) is 4.25. The minimum Gasteiger partial charge on any atom is -0.487 e. The minimum atomic E-state index is -0.0686. The van der Waals surface area contributed by atoms with E-state index in [2.05, 4.69) is 4.98 Å². The Bertz CT molecular complexity index is 714. The van der Waals surface area contributed by atoms with Gasteiger partial charge in [0.05, 0.1) is 12.1 Å². The molecule has 1 aliphatic heterocycles. The molecule has 1 saturated heterocycles. The first-order valence-electron chi connectivity index (χ1n) is 7.67. The molecule has 0 saturated carbocycles. The van der Waals surface area contributed by atoms with Crippen molar-refractivity contribution in [2.45, 2.75) is 32.8 Å². The van der Waals surface area contributed by atoms with Crippen LogP contribution in [0.1, 0.15) is 34.7 Å². The van der Waals surface area contributed by atoms with E-state index in [9.17, 15) is 4.79 Å². The Morgan fingerprint density at radius 2 is 2.30 bits per heavy atom. The highest BCUT2D eigenvalue weighted by molar-refractivity contribution is 6.31. The maximum atomic E-state index is 12.7. The number of carbonyl (C=O) groups is 1. The lowest BCUT2D eigenvalue weighted by Gasteiger charge is -2.33. The molecule has 1 unspecified atom stereocenters. The highest BCUT2D eigenvalue weighted by Gasteiger charge is 2.28. The van der Waals surface area contributed by atoms with Crippen LogP contribution < -0.4 is 4.74 Å². The molecule has 6 heteroatoms. The Hall–Kier alpha value is -2.01. The average Bonchev–Trinajstić information content (AvgIpc) is 2.88. The number of nitrogens with zero attached hydrogens (tertiary/aromatic N) is 2. The van der Waals surface area contributed by atoms with Crippen LogP contribution in [-0.4, -0.2) is 35.0 Å². The summed E-state index contributed by atoms with van der Waals surface area (Å²) in [5.41, 5.74) is 0.630. The van der Waals surface area contributed by atoms with Crippen molar-refractivity contribution < 1.29 is 13.9 Å². The van der Waals surface area contributed by atoms with Gasteiger partial charge in [0.15, 0.2) is 0 Å². The Labute approximate surface area is 140 Å². The maximum Gasteiger partial charge on any atom is 0.257 e. The van der Waals surface area contributed by atoms with Crippen LogP contribution in [0.4, 0.5) is 0 Å². The van der Waals surface area contributed by atoms with Crippen molar-refractivity contribution in [2.75, 3.05) is 13.1 Å². The SMILES string of the molecule is Cc1cc(C(=O)N2CCCC(Oc3ccncc3Cl)C2)c(C)o1. The standard InChI is InChI=1S/C17H19ClN2O3/c1-11-8-14(12(2)22-11)17(21)20-7-3-4-13(10-20)23-16-5-6-19-9-15(16)18/h5-6,8-9,13H,3-4,7,10H2,1-2H3. The van der Waals surface area contributed by atoms with Gasteiger partial charge in [0.2, 0.25) is 0 Å². The van der Waals surface area contributed by atoms with Crippen LogP contribution in [0.2, 0.25) is 5.02 Å². The fraction of sp³-hybridized carbons (Fsp3) is 0.412. The maximum absolute atomic E-state index is 12.7. The summed E-state index contributed by atoms with van der Waals surface area (Å²) in [6, 6.07) is 3.54. The quantitative estimate of drug-likeness (QED) is 0.860. The largest absolute Gasteiger partial charge is 0.487 e. The van der Waals surface area contributed by atoms with Crippen LogP contribution in [0.25, 0.3) is 0 Å². The zero-order valence-electron chi connectivity index (χ0n) is 13.2. The fourth-order valence-electron chi connectivity index (χ4n) is 2.87. The van der Waals surface area contributed by atoms with E-state index >= 15 is 0 Å². The van der Waals surface area contributed by atoms with E-state index in [1.54, 1.807) is 24.5 Å². The summed E-state index contributed by atoms with van der Waals surface area (Å²) in [6.45, 7) is 4.93. The van der Waals surface area contributed by atoms with Crippen molar-refractivity contribution in [3.05, 3.63) is 46.6 Å². The number of furan rings is 1. The molecular formula is C17H19ClN2O3. The van der Waals surface area contributed by atoms with E-state index < -0.39 is 0 Å². The van der Waals surface area contributed by atoms with E-state index in [1.165, 1.54) is 0 Å². The van der Waals surface area contributed by atoms with Gasteiger partial charge in [-0.25, -0.2) is 0 Å². The van der Waals surface area contributed by atoms with Crippen LogP contribution in [0.5, 0.6) is 5.75 Å². The van der Waals surface area contributed by atoms with E-state index in [0.717, 1.165) is 25.1 Å². The first-order chi connectivity index (χ1) is 11.0. The molecule has 1 fully saturated rings. The predicted molar refractivity (Wildman–Crippen MR) is 87.0 cm³/mol. The first-order valence-corrected chi connectivity index (χ1v) is 8.05. The van der Waals surface area contributed by atoms with Gasteiger partial charge >= 0.3 is 0 Å². The van der Waals surface area contributed by atoms with Gasteiger partial charge in [0, 0.05) is 25.0 Å². The van der Waals surface area contributed by atoms with Gasteiger partial charge in [0.1, 0.15) is 28.4 Å². The van der Waals surface area contributed by atoms with Crippen LogP contribution in [0.3, 0.4) is 0 Å². The monoisotopic (exact) mass is 334 g/mol. The number of aromatic nitrogens is 1. The molecule has 1 aliphatic rings. The smallest absolute Gasteiger partial charge is 0.257 e. The molecule has 2 aromatic rings. The van der Waals surface area contributed by atoms with Gasteiger partial charge in [-0.2, -0.15) is 0 Å². The number of pyridine rings is 1. The van der Waals surface area contributed by atoms with Gasteiger partial charge < -0.3 is 14.1 Å². The highest BCUT2D eigenvalue weighted by Crippen LogP contribution is 2.26. The lowest BCUT2D eigenvalue weighted by atomic mass is 10.1. The molecule has 1 atom stereocenters. The summed E-state index contributed by atoms with van der Waals surface area (Å²) < 4.78 is 11.4. The lowest BCUT2D eigenvalue weighted by molar-refractivity contribution is 0.0536. The topological polar surface area (TPSA) is 55.6 Å². The van der Waals surface area contributed by atoms with Crippen LogP contribution >= 0.6 is 11.6 Å². The summed E-state index contributed by atoms with van der Waals surface area (Å²) in [5.74, 6) is 2.01.